The summed E-state index contributed by atoms with van der Waals surface area (Å²) in [5.74, 6) is 0.985. The molecule has 1 N–H and O–H groups in total. The first-order chi connectivity index (χ1) is 8.31. The van der Waals surface area contributed by atoms with Crippen molar-refractivity contribution in [3.8, 4) is 0 Å². The molecule has 3 rings (SSSR count). The Morgan fingerprint density at radius 3 is 3.00 bits per heavy atom. The van der Waals surface area contributed by atoms with E-state index in [1.54, 1.807) is 6.20 Å². The predicted octanol–water partition coefficient (Wildman–Crippen LogP) is 2.86. The van der Waals surface area contributed by atoms with Gasteiger partial charge in [0.15, 0.2) is 0 Å². The number of fused-ring (bicyclic) bond motifs is 1. The zero-order valence-corrected chi connectivity index (χ0v) is 9.64. The summed E-state index contributed by atoms with van der Waals surface area (Å²) in [5, 5.41) is 0. The smallest absolute Gasteiger partial charge is 0.111 e. The van der Waals surface area contributed by atoms with E-state index in [4.69, 9.17) is 0 Å². The van der Waals surface area contributed by atoms with Gasteiger partial charge in [0, 0.05) is 12.6 Å². The van der Waals surface area contributed by atoms with Crippen molar-refractivity contribution in [3.05, 3.63) is 59.7 Å². The summed E-state index contributed by atoms with van der Waals surface area (Å²) in [6.45, 7) is 2.10. The Kier molecular flexibility index (Phi) is 2.37. The highest BCUT2D eigenvalue weighted by molar-refractivity contribution is 5.73. The lowest BCUT2D eigenvalue weighted by Gasteiger charge is -1.99. The van der Waals surface area contributed by atoms with Crippen LogP contribution >= 0.6 is 0 Å². The van der Waals surface area contributed by atoms with E-state index >= 15 is 0 Å². The second kappa shape index (κ2) is 4.01. The van der Waals surface area contributed by atoms with E-state index < -0.39 is 0 Å². The Balaban J connectivity index is 1.94. The van der Waals surface area contributed by atoms with Crippen LogP contribution in [-0.2, 0) is 6.42 Å². The van der Waals surface area contributed by atoms with Crippen molar-refractivity contribution in [1.29, 1.82) is 0 Å². The van der Waals surface area contributed by atoms with Gasteiger partial charge in [0.1, 0.15) is 5.82 Å². The lowest BCUT2D eigenvalue weighted by Crippen LogP contribution is -1.90. The molecular weight excluding hydrogens is 210 g/mol. The normalized spacial score (nSPS) is 10.9. The summed E-state index contributed by atoms with van der Waals surface area (Å²) in [4.78, 5) is 11.9. The van der Waals surface area contributed by atoms with Crippen molar-refractivity contribution < 1.29 is 0 Å². The molecule has 0 saturated carbocycles. The maximum absolute atomic E-state index is 4.54. The number of nitrogens with one attached hydrogen (secondary N) is 1. The maximum atomic E-state index is 4.54. The molecule has 0 atom stereocenters. The zero-order valence-electron chi connectivity index (χ0n) is 9.64. The van der Waals surface area contributed by atoms with Crippen LogP contribution in [-0.4, -0.2) is 15.0 Å². The Bertz CT molecular complexity index is 622. The molecule has 84 valence electrons. The molecule has 0 bridgehead atoms. The number of hydrogen-bond acceptors (Lipinski definition) is 2. The molecule has 0 aliphatic rings. The first-order valence-electron chi connectivity index (χ1n) is 5.65. The number of nitrogens with zero attached hydrogens (tertiary/aromatic N) is 2. The SMILES string of the molecule is Cc1cccc(Cc2nc3ccncc3[nH]2)c1. The lowest BCUT2D eigenvalue weighted by molar-refractivity contribution is 1.04. The van der Waals surface area contributed by atoms with E-state index in [-0.39, 0.29) is 0 Å². The Hall–Kier alpha value is -2.16. The molecule has 0 saturated heterocycles. The van der Waals surface area contributed by atoms with Gasteiger partial charge in [0.2, 0.25) is 0 Å². The summed E-state index contributed by atoms with van der Waals surface area (Å²) in [5.41, 5.74) is 4.52. The van der Waals surface area contributed by atoms with Crippen LogP contribution in [0.25, 0.3) is 11.0 Å². The largest absolute Gasteiger partial charge is 0.340 e. The van der Waals surface area contributed by atoms with Crippen LogP contribution < -0.4 is 0 Å². The van der Waals surface area contributed by atoms with Crippen molar-refractivity contribution in [2.24, 2.45) is 0 Å². The van der Waals surface area contributed by atoms with E-state index in [9.17, 15) is 0 Å². The van der Waals surface area contributed by atoms with Crippen LogP contribution in [0.3, 0.4) is 0 Å². The molecule has 17 heavy (non-hydrogen) atoms. The van der Waals surface area contributed by atoms with Crippen molar-refractivity contribution in [3.63, 3.8) is 0 Å². The minimum atomic E-state index is 0.830. The maximum Gasteiger partial charge on any atom is 0.111 e. The van der Waals surface area contributed by atoms with Crippen LogP contribution in [0.4, 0.5) is 0 Å². The quantitative estimate of drug-likeness (QED) is 0.725. The Morgan fingerprint density at radius 1 is 1.24 bits per heavy atom. The first kappa shape index (κ1) is 10.0. The number of aryl methyl sites for hydroxylation is 1. The standard InChI is InChI=1S/C14H13N3/c1-10-3-2-4-11(7-10)8-14-16-12-5-6-15-9-13(12)17-14/h2-7,9H,8H2,1H3,(H,16,17). The number of rotatable bonds is 2. The molecule has 2 heterocycles. The highest BCUT2D eigenvalue weighted by Crippen LogP contribution is 2.13. The van der Waals surface area contributed by atoms with Gasteiger partial charge in [-0.2, -0.15) is 0 Å². The Labute approximate surface area is 99.5 Å². The van der Waals surface area contributed by atoms with Gasteiger partial charge in [-0.3, -0.25) is 4.98 Å². The Morgan fingerprint density at radius 2 is 2.18 bits per heavy atom. The minimum absolute atomic E-state index is 0.830. The summed E-state index contributed by atoms with van der Waals surface area (Å²) in [6.07, 6.45) is 4.40. The van der Waals surface area contributed by atoms with E-state index in [1.165, 1.54) is 11.1 Å². The second-order valence-electron chi connectivity index (χ2n) is 4.24. The highest BCUT2D eigenvalue weighted by atomic mass is 14.9. The molecule has 0 aliphatic heterocycles. The molecular formula is C14H13N3. The molecule has 2 aromatic heterocycles. The molecule has 0 unspecified atom stereocenters. The fourth-order valence-corrected chi connectivity index (χ4v) is 2.01. The number of aromatic nitrogens is 3. The molecule has 3 aromatic rings. The van der Waals surface area contributed by atoms with Crippen molar-refractivity contribution in [2.45, 2.75) is 13.3 Å². The van der Waals surface area contributed by atoms with Gasteiger partial charge in [0.05, 0.1) is 17.2 Å². The van der Waals surface area contributed by atoms with Crippen molar-refractivity contribution in [2.75, 3.05) is 0 Å². The van der Waals surface area contributed by atoms with Gasteiger partial charge in [-0.15, -0.1) is 0 Å². The lowest BCUT2D eigenvalue weighted by atomic mass is 10.1. The van der Waals surface area contributed by atoms with E-state index in [0.717, 1.165) is 23.3 Å². The van der Waals surface area contributed by atoms with Crippen LogP contribution in [0, 0.1) is 6.92 Å². The second-order valence-corrected chi connectivity index (χ2v) is 4.24. The highest BCUT2D eigenvalue weighted by Gasteiger charge is 2.03. The summed E-state index contributed by atoms with van der Waals surface area (Å²) in [7, 11) is 0. The third kappa shape index (κ3) is 2.04. The molecule has 0 aliphatic carbocycles. The molecule has 3 nitrogen and oxygen atoms in total. The average Bonchev–Trinajstić information content (AvgIpc) is 2.71. The molecule has 1 aromatic carbocycles. The van der Waals surface area contributed by atoms with E-state index in [2.05, 4.69) is 46.1 Å². The van der Waals surface area contributed by atoms with Crippen LogP contribution in [0.15, 0.2) is 42.7 Å². The number of H-pyrrole nitrogens is 1. The monoisotopic (exact) mass is 223 g/mol. The molecule has 0 spiro atoms. The van der Waals surface area contributed by atoms with Gasteiger partial charge >= 0.3 is 0 Å². The number of imidazole rings is 1. The fourth-order valence-electron chi connectivity index (χ4n) is 2.01. The number of pyridine rings is 1. The average molecular weight is 223 g/mol. The molecule has 0 amide bonds. The van der Waals surface area contributed by atoms with Crippen molar-refractivity contribution >= 4 is 11.0 Å². The fraction of sp³-hybridized carbons (Fsp3) is 0.143. The van der Waals surface area contributed by atoms with E-state index in [1.807, 2.05) is 12.3 Å². The van der Waals surface area contributed by atoms with Crippen molar-refractivity contribution in [1.82, 2.24) is 15.0 Å². The summed E-state index contributed by atoms with van der Waals surface area (Å²) >= 11 is 0. The van der Waals surface area contributed by atoms with Gasteiger partial charge in [-0.05, 0) is 18.6 Å². The van der Waals surface area contributed by atoms with Gasteiger partial charge in [-0.25, -0.2) is 4.98 Å². The van der Waals surface area contributed by atoms with Crippen LogP contribution in [0.2, 0.25) is 0 Å². The number of aromatic amines is 1. The first-order valence-corrected chi connectivity index (χ1v) is 5.65. The summed E-state index contributed by atoms with van der Waals surface area (Å²) < 4.78 is 0. The third-order valence-corrected chi connectivity index (χ3v) is 2.79. The van der Waals surface area contributed by atoms with Crippen LogP contribution in [0.1, 0.15) is 17.0 Å². The van der Waals surface area contributed by atoms with Gasteiger partial charge < -0.3 is 4.98 Å². The molecule has 0 fully saturated rings. The van der Waals surface area contributed by atoms with Gasteiger partial charge in [-0.1, -0.05) is 29.8 Å². The molecule has 0 radical (unpaired) electrons. The summed E-state index contributed by atoms with van der Waals surface area (Å²) in [6, 6.07) is 10.4. The van der Waals surface area contributed by atoms with Gasteiger partial charge in [0.25, 0.3) is 0 Å². The number of hydrogen-bond donors (Lipinski definition) is 1. The topological polar surface area (TPSA) is 41.6 Å². The van der Waals surface area contributed by atoms with Crippen LogP contribution in [0.5, 0.6) is 0 Å². The predicted molar refractivity (Wildman–Crippen MR) is 67.9 cm³/mol. The molecule has 3 heteroatoms. The van der Waals surface area contributed by atoms with E-state index in [0.29, 0.717) is 0 Å². The third-order valence-electron chi connectivity index (χ3n) is 2.79. The minimum Gasteiger partial charge on any atom is -0.340 e. The number of benzene rings is 1. The zero-order chi connectivity index (χ0) is 11.7.